The van der Waals surface area contributed by atoms with E-state index >= 15 is 0 Å². The lowest BCUT2D eigenvalue weighted by Gasteiger charge is -2.48. The molecule has 0 saturated carbocycles. The minimum absolute atomic E-state index is 0.00587. The van der Waals surface area contributed by atoms with Crippen LogP contribution in [-0.2, 0) is 42.6 Å². The highest BCUT2D eigenvalue weighted by atomic mass is 16.7. The Morgan fingerprint density at radius 1 is 0.750 bits per heavy atom. The van der Waals surface area contributed by atoms with Gasteiger partial charge in [-0.2, -0.15) is 0 Å². The van der Waals surface area contributed by atoms with Gasteiger partial charge in [0.25, 0.3) is 0 Å². The molecule has 6 aliphatic rings. The van der Waals surface area contributed by atoms with Crippen molar-refractivity contribution in [1.29, 1.82) is 0 Å². The molecule has 11 heteroatoms. The molecule has 6 saturated heterocycles. The maximum Gasteiger partial charge on any atom is 0.158 e. The van der Waals surface area contributed by atoms with Crippen LogP contribution in [0.4, 0.5) is 0 Å². The fraction of sp³-hybridized carbons (Fsp3) is 1.00. The van der Waals surface area contributed by atoms with Crippen molar-refractivity contribution in [3.63, 3.8) is 0 Å². The molecule has 0 bridgehead atoms. The molecule has 11 nitrogen and oxygen atoms in total. The molecular formula is C33H56O11. The largest absolute Gasteiger partial charge is 0.394 e. The lowest BCUT2D eigenvalue weighted by molar-refractivity contribution is -0.289. The minimum Gasteiger partial charge on any atom is -0.394 e. The summed E-state index contributed by atoms with van der Waals surface area (Å²) >= 11 is 0. The first-order valence-corrected chi connectivity index (χ1v) is 17.0. The standard InChI is InChI=1S/C33H56O11/c1-15(2)30-27(13-24-25(43-30)11-21(40-24)20(35)14-34)42-29-8-16(3)31(36-6)26(41-29)10-19-9-22-23(39-19)12-28-33(44-22)17(4)32(37-7)18(5)38-28/h15-35H,8-14H2,1-7H3/t16-,17+,18-,19?,20?,21?,22+,23+,24?,25?,26?,27?,28-,29?,30?,31?,32?,33-/m0/s1. The summed E-state index contributed by atoms with van der Waals surface area (Å²) in [6.45, 7) is 10.4. The summed E-state index contributed by atoms with van der Waals surface area (Å²) in [6.07, 6.45) is 1.78. The van der Waals surface area contributed by atoms with Gasteiger partial charge in [-0.05, 0) is 18.8 Å². The second-order valence-electron chi connectivity index (χ2n) is 14.6. The third kappa shape index (κ3) is 6.63. The number of aliphatic hydroxyl groups excluding tert-OH is 2. The zero-order valence-corrected chi connectivity index (χ0v) is 27.5. The van der Waals surface area contributed by atoms with Crippen LogP contribution in [0.2, 0.25) is 0 Å². The van der Waals surface area contributed by atoms with Crippen molar-refractivity contribution >= 4 is 0 Å². The van der Waals surface area contributed by atoms with Crippen molar-refractivity contribution in [2.24, 2.45) is 17.8 Å². The molecule has 6 aliphatic heterocycles. The van der Waals surface area contributed by atoms with Crippen molar-refractivity contribution in [2.75, 3.05) is 20.8 Å². The van der Waals surface area contributed by atoms with E-state index in [1.807, 2.05) is 0 Å². The molecular weight excluding hydrogens is 572 g/mol. The van der Waals surface area contributed by atoms with Gasteiger partial charge >= 0.3 is 0 Å². The smallest absolute Gasteiger partial charge is 0.158 e. The van der Waals surface area contributed by atoms with E-state index in [2.05, 4.69) is 34.6 Å². The van der Waals surface area contributed by atoms with Crippen molar-refractivity contribution in [3.8, 4) is 0 Å². The van der Waals surface area contributed by atoms with E-state index in [0.717, 1.165) is 12.8 Å². The predicted octanol–water partition coefficient (Wildman–Crippen LogP) is 2.61. The maximum absolute atomic E-state index is 10.2. The number of methoxy groups -OCH3 is 2. The van der Waals surface area contributed by atoms with Gasteiger partial charge in [0.05, 0.1) is 92.1 Å². The Hall–Kier alpha value is -0.440. The van der Waals surface area contributed by atoms with Crippen LogP contribution in [0.25, 0.3) is 0 Å². The number of hydrogen-bond acceptors (Lipinski definition) is 11. The van der Waals surface area contributed by atoms with Gasteiger partial charge in [0.15, 0.2) is 6.29 Å². The fourth-order valence-electron chi connectivity index (χ4n) is 9.01. The van der Waals surface area contributed by atoms with Crippen LogP contribution in [0.1, 0.15) is 73.1 Å². The highest BCUT2D eigenvalue weighted by Gasteiger charge is 2.53. The molecule has 0 aromatic carbocycles. The van der Waals surface area contributed by atoms with Crippen molar-refractivity contribution in [3.05, 3.63) is 0 Å². The fourth-order valence-corrected chi connectivity index (χ4v) is 9.01. The summed E-state index contributed by atoms with van der Waals surface area (Å²) in [7, 11) is 3.51. The molecule has 0 spiro atoms. The SMILES string of the molecule is COC1[C@H](C)O[C@H]2C[C@H]3OC(CC4OC(OC5CC6OC(C(O)CO)CC6OC5C(C)C)C[C@H](C)C4OC)C[C@H]3O[C@H]2[C@@H]1C. The van der Waals surface area contributed by atoms with Crippen LogP contribution in [-0.4, -0.2) is 129 Å². The van der Waals surface area contributed by atoms with Crippen molar-refractivity contribution < 1.29 is 52.8 Å². The summed E-state index contributed by atoms with van der Waals surface area (Å²) in [5, 5.41) is 19.6. The number of rotatable bonds is 9. The van der Waals surface area contributed by atoms with Gasteiger partial charge < -0.3 is 52.8 Å². The Bertz CT molecular complexity index is 937. The van der Waals surface area contributed by atoms with E-state index in [1.165, 1.54) is 0 Å². The predicted molar refractivity (Wildman–Crippen MR) is 158 cm³/mol. The van der Waals surface area contributed by atoms with Crippen LogP contribution >= 0.6 is 0 Å². The topological polar surface area (TPSA) is 124 Å². The van der Waals surface area contributed by atoms with Crippen LogP contribution in [0.3, 0.4) is 0 Å². The molecule has 254 valence electrons. The van der Waals surface area contributed by atoms with E-state index < -0.39 is 18.5 Å². The second-order valence-corrected chi connectivity index (χ2v) is 14.6. The molecule has 0 aromatic rings. The Kier molecular flexibility index (Phi) is 10.6. The highest BCUT2D eigenvalue weighted by Crippen LogP contribution is 2.44. The molecule has 0 radical (unpaired) electrons. The van der Waals surface area contributed by atoms with E-state index in [-0.39, 0.29) is 104 Å². The zero-order chi connectivity index (χ0) is 31.3. The van der Waals surface area contributed by atoms with E-state index in [0.29, 0.717) is 25.7 Å². The molecule has 6 heterocycles. The van der Waals surface area contributed by atoms with Gasteiger partial charge in [-0.1, -0.05) is 27.7 Å². The quantitative estimate of drug-likeness (QED) is 0.392. The number of ether oxygens (including phenoxy) is 9. The van der Waals surface area contributed by atoms with Gasteiger partial charge in [-0.15, -0.1) is 0 Å². The van der Waals surface area contributed by atoms with Gasteiger partial charge in [0, 0.05) is 58.7 Å². The summed E-state index contributed by atoms with van der Waals surface area (Å²) in [4.78, 5) is 0. The third-order valence-electron chi connectivity index (χ3n) is 11.2. The Morgan fingerprint density at radius 3 is 2.16 bits per heavy atom. The van der Waals surface area contributed by atoms with Crippen LogP contribution in [0.5, 0.6) is 0 Å². The Balaban J connectivity index is 1.08. The maximum atomic E-state index is 10.2. The summed E-state index contributed by atoms with van der Waals surface area (Å²) in [5.41, 5.74) is 0. The van der Waals surface area contributed by atoms with Gasteiger partial charge in [-0.3, -0.25) is 0 Å². The van der Waals surface area contributed by atoms with Gasteiger partial charge in [0.2, 0.25) is 0 Å². The summed E-state index contributed by atoms with van der Waals surface area (Å²) < 4.78 is 57.3. The Labute approximate surface area is 262 Å². The first kappa shape index (κ1) is 33.5. The Morgan fingerprint density at radius 2 is 1.45 bits per heavy atom. The first-order valence-electron chi connectivity index (χ1n) is 17.0. The van der Waals surface area contributed by atoms with E-state index in [9.17, 15) is 10.2 Å². The van der Waals surface area contributed by atoms with Crippen LogP contribution in [0, 0.1) is 17.8 Å². The monoisotopic (exact) mass is 628 g/mol. The lowest BCUT2D eigenvalue weighted by atomic mass is 9.83. The first-order chi connectivity index (χ1) is 21.1. The number of fused-ring (bicyclic) bond motifs is 3. The second kappa shape index (κ2) is 14.0. The lowest BCUT2D eigenvalue weighted by Crippen LogP contribution is -2.59. The third-order valence-corrected chi connectivity index (χ3v) is 11.2. The van der Waals surface area contributed by atoms with Crippen molar-refractivity contribution in [2.45, 2.75) is 171 Å². The molecule has 2 N–H and O–H groups in total. The molecule has 6 rings (SSSR count). The molecule has 18 atom stereocenters. The molecule has 6 fully saturated rings. The van der Waals surface area contributed by atoms with Crippen LogP contribution < -0.4 is 0 Å². The van der Waals surface area contributed by atoms with Gasteiger partial charge in [0.1, 0.15) is 6.10 Å². The van der Waals surface area contributed by atoms with E-state index in [4.69, 9.17) is 42.6 Å². The average molecular weight is 629 g/mol. The molecule has 0 aromatic heterocycles. The number of hydrogen-bond donors (Lipinski definition) is 2. The molecule has 44 heavy (non-hydrogen) atoms. The average Bonchev–Trinajstić information content (AvgIpc) is 3.58. The number of aliphatic hydroxyl groups is 2. The minimum atomic E-state index is -0.909. The van der Waals surface area contributed by atoms with Crippen molar-refractivity contribution in [1.82, 2.24) is 0 Å². The van der Waals surface area contributed by atoms with E-state index in [1.54, 1.807) is 14.2 Å². The summed E-state index contributed by atoms with van der Waals surface area (Å²) in [6, 6.07) is 0. The molecule has 0 aliphatic carbocycles. The molecule has 0 amide bonds. The van der Waals surface area contributed by atoms with Crippen LogP contribution in [0.15, 0.2) is 0 Å². The highest BCUT2D eigenvalue weighted by molar-refractivity contribution is 5.00. The summed E-state index contributed by atoms with van der Waals surface area (Å²) in [5.74, 6) is 0.718. The molecule has 11 unspecified atom stereocenters. The normalized spacial score (nSPS) is 51.5. The zero-order valence-electron chi connectivity index (χ0n) is 27.5. The van der Waals surface area contributed by atoms with Gasteiger partial charge in [-0.25, -0.2) is 0 Å².